The molecule has 1 atom stereocenters. The number of hydrogen-bond donors (Lipinski definition) is 2. The maximum absolute atomic E-state index is 12.1. The summed E-state index contributed by atoms with van der Waals surface area (Å²) in [5.74, 6) is -0.0202. The zero-order chi connectivity index (χ0) is 18.7. The fourth-order valence-corrected chi connectivity index (χ4v) is 3.51. The van der Waals surface area contributed by atoms with Gasteiger partial charge in [0.1, 0.15) is 11.0 Å². The van der Waals surface area contributed by atoms with Gasteiger partial charge in [0.15, 0.2) is 11.5 Å². The zero-order valence-corrected chi connectivity index (χ0v) is 15.3. The molecule has 1 aromatic carbocycles. The number of carboxylic acid groups (broad SMARTS) is 1. The van der Waals surface area contributed by atoms with E-state index >= 15 is 0 Å². The normalized spacial score (nSPS) is 14.5. The van der Waals surface area contributed by atoms with E-state index in [4.69, 9.17) is 9.47 Å². The minimum absolute atomic E-state index is 0.0502. The Labute approximate surface area is 155 Å². The van der Waals surface area contributed by atoms with Crippen LogP contribution in [0.5, 0.6) is 11.5 Å². The number of benzene rings is 1. The van der Waals surface area contributed by atoms with E-state index in [2.05, 4.69) is 10.3 Å². The number of aromatic nitrogens is 1. The van der Waals surface area contributed by atoms with Crippen molar-refractivity contribution in [3.8, 4) is 22.1 Å². The van der Waals surface area contributed by atoms with Crippen LogP contribution in [0.2, 0.25) is 0 Å². The summed E-state index contributed by atoms with van der Waals surface area (Å²) in [6.07, 6.45) is 1.75. The van der Waals surface area contributed by atoms with Crippen LogP contribution in [0.25, 0.3) is 10.6 Å². The Morgan fingerprint density at radius 2 is 2.04 bits per heavy atom. The first-order valence-electron chi connectivity index (χ1n) is 8.20. The first-order valence-corrected chi connectivity index (χ1v) is 9.08. The van der Waals surface area contributed by atoms with Gasteiger partial charge in [0.05, 0.1) is 26.3 Å². The lowest BCUT2D eigenvalue weighted by atomic mass is 10.2. The highest BCUT2D eigenvalue weighted by molar-refractivity contribution is 7.13. The lowest BCUT2D eigenvalue weighted by molar-refractivity contribution is -0.142. The molecule has 1 aliphatic carbocycles. The standard InChI is InChI=1S/C18H20N2O5S/c1-24-13-6-5-11(7-14(13)25-2)17-19-12(9-26-17)8-15(21)20-16(18(22)23)10-3-4-10/h5-7,9-10,16H,3-4,8H2,1-2H3,(H,20,21)(H,22,23). The van der Waals surface area contributed by atoms with E-state index in [9.17, 15) is 14.7 Å². The Morgan fingerprint density at radius 3 is 2.65 bits per heavy atom. The molecule has 0 radical (unpaired) electrons. The maximum Gasteiger partial charge on any atom is 0.326 e. The molecule has 1 unspecified atom stereocenters. The number of aliphatic carboxylic acids is 1. The molecule has 26 heavy (non-hydrogen) atoms. The van der Waals surface area contributed by atoms with Gasteiger partial charge in [-0.05, 0) is 37.0 Å². The summed E-state index contributed by atoms with van der Waals surface area (Å²) in [5.41, 5.74) is 1.47. The van der Waals surface area contributed by atoms with Crippen LogP contribution in [0.15, 0.2) is 23.6 Å². The van der Waals surface area contributed by atoms with E-state index in [0.29, 0.717) is 17.2 Å². The second-order valence-electron chi connectivity index (χ2n) is 6.11. The van der Waals surface area contributed by atoms with Crippen LogP contribution in [-0.4, -0.2) is 42.2 Å². The number of ether oxygens (including phenoxy) is 2. The molecule has 0 saturated heterocycles. The van der Waals surface area contributed by atoms with E-state index in [1.807, 2.05) is 12.1 Å². The lowest BCUT2D eigenvalue weighted by Crippen LogP contribution is -2.43. The number of nitrogens with one attached hydrogen (secondary N) is 1. The van der Waals surface area contributed by atoms with Crippen LogP contribution in [-0.2, 0) is 16.0 Å². The van der Waals surface area contributed by atoms with E-state index < -0.39 is 12.0 Å². The van der Waals surface area contributed by atoms with Crippen molar-refractivity contribution in [1.29, 1.82) is 0 Å². The largest absolute Gasteiger partial charge is 0.493 e. The van der Waals surface area contributed by atoms with Gasteiger partial charge in [-0.2, -0.15) is 0 Å². The summed E-state index contributed by atoms with van der Waals surface area (Å²) < 4.78 is 10.5. The molecule has 1 aromatic heterocycles. The predicted molar refractivity (Wildman–Crippen MR) is 96.6 cm³/mol. The molecule has 3 rings (SSSR count). The van der Waals surface area contributed by atoms with Crippen molar-refractivity contribution < 1.29 is 24.2 Å². The number of thiazole rings is 1. The van der Waals surface area contributed by atoms with Crippen LogP contribution >= 0.6 is 11.3 Å². The highest BCUT2D eigenvalue weighted by atomic mass is 32.1. The minimum Gasteiger partial charge on any atom is -0.493 e. The number of carboxylic acids is 1. The monoisotopic (exact) mass is 376 g/mol. The molecule has 1 aliphatic rings. The number of amides is 1. The molecule has 1 saturated carbocycles. The van der Waals surface area contributed by atoms with Gasteiger partial charge < -0.3 is 19.9 Å². The number of carbonyl (C=O) groups excluding carboxylic acids is 1. The van der Waals surface area contributed by atoms with Crippen LogP contribution in [0.4, 0.5) is 0 Å². The van der Waals surface area contributed by atoms with Crippen molar-refractivity contribution in [3.63, 3.8) is 0 Å². The minimum atomic E-state index is -0.981. The lowest BCUT2D eigenvalue weighted by Gasteiger charge is -2.12. The molecule has 8 heteroatoms. The Morgan fingerprint density at radius 1 is 1.31 bits per heavy atom. The summed E-state index contributed by atoms with van der Waals surface area (Å²) in [6.45, 7) is 0. The Bertz CT molecular complexity index is 816. The summed E-state index contributed by atoms with van der Waals surface area (Å²) in [7, 11) is 3.14. The van der Waals surface area contributed by atoms with Crippen molar-refractivity contribution in [2.75, 3.05) is 14.2 Å². The second-order valence-corrected chi connectivity index (χ2v) is 6.97. The van der Waals surface area contributed by atoms with Gasteiger partial charge in [-0.1, -0.05) is 0 Å². The van der Waals surface area contributed by atoms with Gasteiger partial charge in [-0.15, -0.1) is 11.3 Å². The summed E-state index contributed by atoms with van der Waals surface area (Å²) >= 11 is 1.42. The molecule has 1 fully saturated rings. The summed E-state index contributed by atoms with van der Waals surface area (Å²) in [6, 6.07) is 4.70. The van der Waals surface area contributed by atoms with E-state index in [-0.39, 0.29) is 18.2 Å². The average molecular weight is 376 g/mol. The first kappa shape index (κ1) is 18.2. The fraction of sp³-hybridized carbons (Fsp3) is 0.389. The van der Waals surface area contributed by atoms with Crippen molar-refractivity contribution in [3.05, 3.63) is 29.3 Å². The highest BCUT2D eigenvalue weighted by Gasteiger charge is 2.37. The number of rotatable bonds is 8. The van der Waals surface area contributed by atoms with E-state index in [1.165, 1.54) is 11.3 Å². The molecule has 0 aliphatic heterocycles. The molecular weight excluding hydrogens is 356 g/mol. The van der Waals surface area contributed by atoms with E-state index in [0.717, 1.165) is 23.4 Å². The Balaban J connectivity index is 1.68. The third-order valence-corrected chi connectivity index (χ3v) is 5.14. The van der Waals surface area contributed by atoms with Gasteiger partial charge in [0.25, 0.3) is 0 Å². The van der Waals surface area contributed by atoms with Crippen LogP contribution in [0.1, 0.15) is 18.5 Å². The molecule has 0 spiro atoms. The van der Waals surface area contributed by atoms with Crippen molar-refractivity contribution in [2.24, 2.45) is 5.92 Å². The molecule has 2 aromatic rings. The third-order valence-electron chi connectivity index (χ3n) is 4.20. The van der Waals surface area contributed by atoms with Gasteiger partial charge in [0.2, 0.25) is 5.91 Å². The van der Waals surface area contributed by atoms with Gasteiger partial charge in [-0.3, -0.25) is 4.79 Å². The zero-order valence-electron chi connectivity index (χ0n) is 14.5. The second kappa shape index (κ2) is 7.74. The molecule has 0 bridgehead atoms. The quantitative estimate of drug-likeness (QED) is 0.734. The number of carbonyl (C=O) groups is 2. The van der Waals surface area contributed by atoms with Gasteiger partial charge in [-0.25, -0.2) is 9.78 Å². The van der Waals surface area contributed by atoms with Crippen LogP contribution in [0, 0.1) is 5.92 Å². The number of nitrogens with zero attached hydrogens (tertiary/aromatic N) is 1. The molecule has 1 amide bonds. The SMILES string of the molecule is COc1ccc(-c2nc(CC(=O)NC(C(=O)O)C3CC3)cs2)cc1OC. The molecule has 1 heterocycles. The fourth-order valence-electron chi connectivity index (χ4n) is 2.69. The summed E-state index contributed by atoms with van der Waals surface area (Å²) in [5, 5.41) is 14.4. The van der Waals surface area contributed by atoms with Crippen LogP contribution < -0.4 is 14.8 Å². The van der Waals surface area contributed by atoms with Gasteiger partial charge in [0, 0.05) is 10.9 Å². The van der Waals surface area contributed by atoms with Crippen molar-refractivity contribution in [2.45, 2.75) is 25.3 Å². The molecule has 2 N–H and O–H groups in total. The number of hydrogen-bond acceptors (Lipinski definition) is 6. The van der Waals surface area contributed by atoms with E-state index in [1.54, 1.807) is 25.7 Å². The first-order chi connectivity index (χ1) is 12.5. The Hall–Kier alpha value is -2.61. The van der Waals surface area contributed by atoms with Crippen molar-refractivity contribution >= 4 is 23.2 Å². The van der Waals surface area contributed by atoms with Crippen LogP contribution in [0.3, 0.4) is 0 Å². The smallest absolute Gasteiger partial charge is 0.326 e. The highest BCUT2D eigenvalue weighted by Crippen LogP contribution is 2.34. The predicted octanol–water partition coefficient (Wildman–Crippen LogP) is 2.35. The number of methoxy groups -OCH3 is 2. The van der Waals surface area contributed by atoms with Crippen molar-refractivity contribution in [1.82, 2.24) is 10.3 Å². The van der Waals surface area contributed by atoms with Gasteiger partial charge >= 0.3 is 5.97 Å². The molecule has 138 valence electrons. The third kappa shape index (κ3) is 4.13. The molecular formula is C18H20N2O5S. The molecule has 7 nitrogen and oxygen atoms in total. The summed E-state index contributed by atoms with van der Waals surface area (Å²) in [4.78, 5) is 27.8. The topological polar surface area (TPSA) is 97.8 Å². The Kier molecular flexibility index (Phi) is 5.41. The maximum atomic E-state index is 12.1. The average Bonchev–Trinajstić information content (AvgIpc) is 3.37.